The number of carbonyl (C=O) groups excluding carboxylic acids is 1. The highest BCUT2D eigenvalue weighted by atomic mass is 16.3. The summed E-state index contributed by atoms with van der Waals surface area (Å²) in [4.78, 5) is 13.9. The maximum atomic E-state index is 12.0. The molecule has 20 heavy (non-hydrogen) atoms. The number of benzene rings is 2. The van der Waals surface area contributed by atoms with Crippen molar-refractivity contribution < 1.29 is 9.90 Å². The summed E-state index contributed by atoms with van der Waals surface area (Å²) < 4.78 is 0. The lowest BCUT2D eigenvalue weighted by molar-refractivity contribution is 0.102. The summed E-state index contributed by atoms with van der Waals surface area (Å²) in [6.07, 6.45) is 0. The summed E-state index contributed by atoms with van der Waals surface area (Å²) in [7, 11) is 1.91. The number of aliphatic hydroxyl groups excluding tert-OH is 1. The predicted molar refractivity (Wildman–Crippen MR) is 81.2 cm³/mol. The lowest BCUT2D eigenvalue weighted by Gasteiger charge is -2.18. The summed E-state index contributed by atoms with van der Waals surface area (Å²) in [5, 5.41) is 11.7. The van der Waals surface area contributed by atoms with Crippen molar-refractivity contribution in [1.29, 1.82) is 0 Å². The van der Waals surface area contributed by atoms with Crippen LogP contribution in [0.4, 0.5) is 11.4 Å². The molecule has 2 rings (SSSR count). The average Bonchev–Trinajstić information content (AvgIpc) is 2.49. The number of anilines is 2. The highest BCUT2D eigenvalue weighted by Gasteiger charge is 2.05. The second-order valence-electron chi connectivity index (χ2n) is 4.51. The Morgan fingerprint density at radius 3 is 2.35 bits per heavy atom. The predicted octanol–water partition coefficient (Wildman–Crippen LogP) is 2.37. The minimum Gasteiger partial charge on any atom is -0.395 e. The van der Waals surface area contributed by atoms with E-state index in [0.29, 0.717) is 12.1 Å². The third kappa shape index (κ3) is 3.59. The van der Waals surface area contributed by atoms with Crippen LogP contribution >= 0.6 is 0 Å². The van der Waals surface area contributed by atoms with Gasteiger partial charge in [-0.25, -0.2) is 0 Å². The van der Waals surface area contributed by atoms with E-state index in [1.54, 1.807) is 12.1 Å². The monoisotopic (exact) mass is 270 g/mol. The van der Waals surface area contributed by atoms with Gasteiger partial charge in [0.1, 0.15) is 0 Å². The zero-order valence-electron chi connectivity index (χ0n) is 11.4. The van der Waals surface area contributed by atoms with Gasteiger partial charge >= 0.3 is 0 Å². The van der Waals surface area contributed by atoms with E-state index in [4.69, 9.17) is 5.11 Å². The second-order valence-corrected chi connectivity index (χ2v) is 4.51. The van der Waals surface area contributed by atoms with E-state index in [1.807, 2.05) is 54.4 Å². The van der Waals surface area contributed by atoms with Gasteiger partial charge in [0.2, 0.25) is 0 Å². The maximum absolute atomic E-state index is 12.0. The van der Waals surface area contributed by atoms with Gasteiger partial charge in [0.05, 0.1) is 6.61 Å². The quantitative estimate of drug-likeness (QED) is 0.877. The van der Waals surface area contributed by atoms with Crippen LogP contribution < -0.4 is 10.2 Å². The molecule has 2 aromatic rings. The van der Waals surface area contributed by atoms with Crippen LogP contribution in [0.5, 0.6) is 0 Å². The van der Waals surface area contributed by atoms with Gasteiger partial charge in [0.15, 0.2) is 0 Å². The van der Waals surface area contributed by atoms with Gasteiger partial charge in [-0.15, -0.1) is 0 Å². The Kier molecular flexibility index (Phi) is 4.74. The highest BCUT2D eigenvalue weighted by molar-refractivity contribution is 6.04. The van der Waals surface area contributed by atoms with E-state index in [-0.39, 0.29) is 12.5 Å². The molecule has 0 atom stereocenters. The molecule has 0 heterocycles. The summed E-state index contributed by atoms with van der Waals surface area (Å²) in [6, 6.07) is 16.6. The van der Waals surface area contributed by atoms with E-state index < -0.39 is 0 Å². The number of rotatable bonds is 5. The van der Waals surface area contributed by atoms with Crippen LogP contribution in [0.3, 0.4) is 0 Å². The largest absolute Gasteiger partial charge is 0.395 e. The van der Waals surface area contributed by atoms with Crippen LogP contribution in [0.15, 0.2) is 54.6 Å². The fourth-order valence-electron chi connectivity index (χ4n) is 1.87. The molecule has 0 saturated carbocycles. The molecule has 0 aliphatic carbocycles. The Hall–Kier alpha value is -2.33. The van der Waals surface area contributed by atoms with E-state index in [9.17, 15) is 4.79 Å². The zero-order valence-corrected chi connectivity index (χ0v) is 11.4. The third-order valence-electron chi connectivity index (χ3n) is 3.04. The second kappa shape index (κ2) is 6.73. The Morgan fingerprint density at radius 2 is 1.75 bits per heavy atom. The first-order valence-electron chi connectivity index (χ1n) is 6.49. The number of hydrogen-bond donors (Lipinski definition) is 2. The fourth-order valence-corrected chi connectivity index (χ4v) is 1.87. The zero-order chi connectivity index (χ0) is 14.4. The summed E-state index contributed by atoms with van der Waals surface area (Å²) in [5.74, 6) is -0.123. The van der Waals surface area contributed by atoms with Gasteiger partial charge in [0.25, 0.3) is 5.91 Å². The van der Waals surface area contributed by atoms with Gasteiger partial charge in [-0.3, -0.25) is 4.79 Å². The Labute approximate surface area is 118 Å². The van der Waals surface area contributed by atoms with Crippen LogP contribution in [0.2, 0.25) is 0 Å². The van der Waals surface area contributed by atoms with Crippen molar-refractivity contribution in [2.24, 2.45) is 0 Å². The molecule has 104 valence electrons. The van der Waals surface area contributed by atoms with E-state index in [0.717, 1.165) is 11.4 Å². The molecule has 0 saturated heterocycles. The smallest absolute Gasteiger partial charge is 0.255 e. The SMILES string of the molecule is CN(CCO)c1ccc(NC(=O)c2ccccc2)cc1. The van der Waals surface area contributed by atoms with Gasteiger partial charge in [-0.1, -0.05) is 18.2 Å². The Balaban J connectivity index is 2.02. The van der Waals surface area contributed by atoms with Crippen molar-refractivity contribution in [3.63, 3.8) is 0 Å². The molecule has 2 N–H and O–H groups in total. The minimum atomic E-state index is -0.123. The van der Waals surface area contributed by atoms with Gasteiger partial charge in [-0.05, 0) is 36.4 Å². The van der Waals surface area contributed by atoms with E-state index in [2.05, 4.69) is 5.32 Å². The number of amides is 1. The first-order chi connectivity index (χ1) is 9.70. The fraction of sp³-hybridized carbons (Fsp3) is 0.188. The van der Waals surface area contributed by atoms with Gasteiger partial charge in [0, 0.05) is 30.5 Å². The minimum absolute atomic E-state index is 0.114. The maximum Gasteiger partial charge on any atom is 0.255 e. The van der Waals surface area contributed by atoms with Crippen molar-refractivity contribution in [3.8, 4) is 0 Å². The molecule has 2 aromatic carbocycles. The first-order valence-corrected chi connectivity index (χ1v) is 6.49. The highest BCUT2D eigenvalue weighted by Crippen LogP contribution is 2.17. The standard InChI is InChI=1S/C16H18N2O2/c1-18(11-12-19)15-9-7-14(8-10-15)17-16(20)13-5-3-2-4-6-13/h2-10,19H,11-12H2,1H3,(H,17,20). The average molecular weight is 270 g/mol. The van der Waals surface area contributed by atoms with Crippen LogP contribution in [0.25, 0.3) is 0 Å². The van der Waals surface area contributed by atoms with Gasteiger partial charge < -0.3 is 15.3 Å². The molecule has 0 bridgehead atoms. The first kappa shape index (κ1) is 14.1. The van der Waals surface area contributed by atoms with Crippen LogP contribution in [-0.4, -0.2) is 31.2 Å². The lowest BCUT2D eigenvalue weighted by Crippen LogP contribution is -2.21. The molecule has 0 aliphatic heterocycles. The lowest BCUT2D eigenvalue weighted by atomic mass is 10.2. The van der Waals surface area contributed by atoms with Crippen molar-refractivity contribution in [2.45, 2.75) is 0 Å². The Morgan fingerprint density at radius 1 is 1.10 bits per heavy atom. The molecule has 4 heteroatoms. The number of hydrogen-bond acceptors (Lipinski definition) is 3. The molecule has 0 unspecified atom stereocenters. The van der Waals surface area contributed by atoms with Crippen molar-refractivity contribution in [2.75, 3.05) is 30.4 Å². The number of likely N-dealkylation sites (N-methyl/N-ethyl adjacent to an activating group) is 1. The number of aliphatic hydroxyl groups is 1. The molecule has 0 aliphatic rings. The normalized spacial score (nSPS) is 10.1. The molecule has 0 radical (unpaired) electrons. The molecule has 0 fully saturated rings. The van der Waals surface area contributed by atoms with Crippen molar-refractivity contribution >= 4 is 17.3 Å². The third-order valence-corrected chi connectivity index (χ3v) is 3.04. The molecular formula is C16H18N2O2. The Bertz CT molecular complexity index is 552. The van der Waals surface area contributed by atoms with Crippen LogP contribution in [-0.2, 0) is 0 Å². The topological polar surface area (TPSA) is 52.6 Å². The molecule has 0 aromatic heterocycles. The summed E-state index contributed by atoms with van der Waals surface area (Å²) in [6.45, 7) is 0.693. The molecule has 4 nitrogen and oxygen atoms in total. The molecule has 1 amide bonds. The summed E-state index contributed by atoms with van der Waals surface area (Å²) >= 11 is 0. The van der Waals surface area contributed by atoms with Gasteiger partial charge in [-0.2, -0.15) is 0 Å². The molecular weight excluding hydrogens is 252 g/mol. The number of nitrogens with one attached hydrogen (secondary N) is 1. The van der Waals surface area contributed by atoms with Crippen molar-refractivity contribution in [1.82, 2.24) is 0 Å². The van der Waals surface area contributed by atoms with E-state index >= 15 is 0 Å². The van der Waals surface area contributed by atoms with Crippen LogP contribution in [0, 0.1) is 0 Å². The van der Waals surface area contributed by atoms with Crippen LogP contribution in [0.1, 0.15) is 10.4 Å². The number of nitrogens with zero attached hydrogens (tertiary/aromatic N) is 1. The van der Waals surface area contributed by atoms with E-state index in [1.165, 1.54) is 0 Å². The number of carbonyl (C=O) groups is 1. The molecule has 0 spiro atoms. The van der Waals surface area contributed by atoms with Crippen molar-refractivity contribution in [3.05, 3.63) is 60.2 Å². The summed E-state index contributed by atoms with van der Waals surface area (Å²) in [5.41, 5.74) is 2.38.